The summed E-state index contributed by atoms with van der Waals surface area (Å²) >= 11 is 0. The molecule has 0 aliphatic rings. The van der Waals surface area contributed by atoms with Crippen molar-refractivity contribution in [2.75, 3.05) is 13.2 Å². The molecule has 0 unspecified atom stereocenters. The molecule has 116 valence electrons. The predicted molar refractivity (Wildman–Crippen MR) is 93.0 cm³/mol. The third kappa shape index (κ3) is 3.89. The Morgan fingerprint density at radius 3 is 2.61 bits per heavy atom. The highest BCUT2D eigenvalue weighted by Crippen LogP contribution is 2.20. The van der Waals surface area contributed by atoms with Gasteiger partial charge in [0, 0.05) is 5.56 Å². The molecule has 23 heavy (non-hydrogen) atoms. The summed E-state index contributed by atoms with van der Waals surface area (Å²) in [6.07, 6.45) is 0. The lowest BCUT2D eigenvalue weighted by Gasteiger charge is -2.09. The van der Waals surface area contributed by atoms with Gasteiger partial charge in [0.15, 0.2) is 0 Å². The molecule has 3 heteroatoms. The Kier molecular flexibility index (Phi) is 4.57. The maximum absolute atomic E-state index is 12.0. The molecule has 3 aromatic carbocycles. The van der Waals surface area contributed by atoms with E-state index in [1.54, 1.807) is 0 Å². The third-order valence-corrected chi connectivity index (χ3v) is 3.66. The summed E-state index contributed by atoms with van der Waals surface area (Å²) in [4.78, 5) is 12.0. The van der Waals surface area contributed by atoms with Gasteiger partial charge in [-0.25, -0.2) is 0 Å². The highest BCUT2D eigenvalue weighted by atomic mass is 16.5. The number of fused-ring (bicyclic) bond motifs is 1. The minimum atomic E-state index is -0.0733. The molecule has 3 aromatic rings. The summed E-state index contributed by atoms with van der Waals surface area (Å²) < 4.78 is 5.71. The van der Waals surface area contributed by atoms with Crippen molar-refractivity contribution in [1.82, 2.24) is 5.32 Å². The molecule has 0 radical (unpaired) electrons. The monoisotopic (exact) mass is 305 g/mol. The number of carbonyl (C=O) groups is 1. The zero-order valence-corrected chi connectivity index (χ0v) is 13.1. The number of rotatable bonds is 5. The van der Waals surface area contributed by atoms with Gasteiger partial charge in [0.2, 0.25) is 0 Å². The molecule has 3 rings (SSSR count). The molecular weight excluding hydrogens is 286 g/mol. The fraction of sp³-hybridized carbons (Fsp3) is 0.150. The second-order valence-electron chi connectivity index (χ2n) is 5.48. The summed E-state index contributed by atoms with van der Waals surface area (Å²) in [5, 5.41) is 5.20. The van der Waals surface area contributed by atoms with Crippen molar-refractivity contribution in [3.05, 3.63) is 77.9 Å². The molecule has 0 saturated heterocycles. The van der Waals surface area contributed by atoms with E-state index in [1.165, 1.54) is 5.39 Å². The lowest BCUT2D eigenvalue weighted by molar-refractivity contribution is 0.0947. The van der Waals surface area contributed by atoms with Gasteiger partial charge in [0.25, 0.3) is 5.91 Å². The highest BCUT2D eigenvalue weighted by molar-refractivity contribution is 5.94. The van der Waals surface area contributed by atoms with E-state index in [9.17, 15) is 4.79 Å². The Morgan fingerprint density at radius 2 is 1.78 bits per heavy atom. The topological polar surface area (TPSA) is 38.3 Å². The van der Waals surface area contributed by atoms with Gasteiger partial charge in [-0.1, -0.05) is 48.0 Å². The fourth-order valence-corrected chi connectivity index (χ4v) is 2.48. The van der Waals surface area contributed by atoms with Gasteiger partial charge in [-0.3, -0.25) is 4.79 Å². The van der Waals surface area contributed by atoms with Gasteiger partial charge in [-0.2, -0.15) is 0 Å². The summed E-state index contributed by atoms with van der Waals surface area (Å²) in [5.41, 5.74) is 1.75. The Hall–Kier alpha value is -2.81. The van der Waals surface area contributed by atoms with E-state index in [2.05, 4.69) is 17.4 Å². The van der Waals surface area contributed by atoms with Crippen molar-refractivity contribution in [3.8, 4) is 5.75 Å². The number of aryl methyl sites for hydroxylation is 1. The third-order valence-electron chi connectivity index (χ3n) is 3.66. The van der Waals surface area contributed by atoms with Gasteiger partial charge in [0.1, 0.15) is 12.4 Å². The van der Waals surface area contributed by atoms with E-state index < -0.39 is 0 Å². The van der Waals surface area contributed by atoms with Crippen molar-refractivity contribution in [2.24, 2.45) is 0 Å². The minimum absolute atomic E-state index is 0.0733. The average Bonchev–Trinajstić information content (AvgIpc) is 2.58. The van der Waals surface area contributed by atoms with Crippen LogP contribution >= 0.6 is 0 Å². The van der Waals surface area contributed by atoms with Gasteiger partial charge in [-0.15, -0.1) is 0 Å². The molecule has 0 saturated carbocycles. The van der Waals surface area contributed by atoms with Crippen LogP contribution in [0.3, 0.4) is 0 Å². The van der Waals surface area contributed by atoms with Gasteiger partial charge in [0.05, 0.1) is 6.54 Å². The van der Waals surface area contributed by atoms with Crippen LogP contribution in [-0.2, 0) is 0 Å². The quantitative estimate of drug-likeness (QED) is 0.725. The summed E-state index contributed by atoms with van der Waals surface area (Å²) in [6, 6.07) is 21.7. The van der Waals surface area contributed by atoms with E-state index in [4.69, 9.17) is 4.74 Å². The first-order chi connectivity index (χ1) is 11.2. The van der Waals surface area contributed by atoms with E-state index in [0.717, 1.165) is 16.7 Å². The SMILES string of the molecule is Cc1cccc(C(=O)NCCOc2ccc3ccccc3c2)c1. The van der Waals surface area contributed by atoms with Gasteiger partial charge in [-0.05, 0) is 42.0 Å². The number of carbonyl (C=O) groups excluding carboxylic acids is 1. The lowest BCUT2D eigenvalue weighted by Crippen LogP contribution is -2.28. The summed E-state index contributed by atoms with van der Waals surface area (Å²) in [5.74, 6) is 0.740. The minimum Gasteiger partial charge on any atom is -0.492 e. The zero-order chi connectivity index (χ0) is 16.1. The largest absolute Gasteiger partial charge is 0.492 e. The summed E-state index contributed by atoms with van der Waals surface area (Å²) in [6.45, 7) is 2.88. The molecule has 0 spiro atoms. The first-order valence-corrected chi connectivity index (χ1v) is 7.69. The number of nitrogens with one attached hydrogen (secondary N) is 1. The van der Waals surface area contributed by atoms with E-state index >= 15 is 0 Å². The van der Waals surface area contributed by atoms with Crippen LogP contribution in [0.25, 0.3) is 10.8 Å². The molecule has 0 aromatic heterocycles. The Bertz CT molecular complexity index is 826. The molecule has 0 heterocycles. The second-order valence-corrected chi connectivity index (χ2v) is 5.48. The van der Waals surface area contributed by atoms with Crippen molar-refractivity contribution in [1.29, 1.82) is 0 Å². The first-order valence-electron chi connectivity index (χ1n) is 7.69. The van der Waals surface area contributed by atoms with Crippen LogP contribution < -0.4 is 10.1 Å². The van der Waals surface area contributed by atoms with Crippen LogP contribution in [0.5, 0.6) is 5.75 Å². The number of ether oxygens (including phenoxy) is 1. The normalized spacial score (nSPS) is 10.5. The van der Waals surface area contributed by atoms with Crippen LogP contribution in [0.1, 0.15) is 15.9 Å². The Balaban J connectivity index is 1.51. The molecule has 0 aliphatic heterocycles. The standard InChI is InChI=1S/C20H19NO2/c1-15-5-4-8-18(13-15)20(22)21-11-12-23-19-10-9-16-6-2-3-7-17(16)14-19/h2-10,13-14H,11-12H2,1H3,(H,21,22). The molecule has 1 N–H and O–H groups in total. The molecule has 3 nitrogen and oxygen atoms in total. The van der Waals surface area contributed by atoms with E-state index in [-0.39, 0.29) is 5.91 Å². The molecule has 1 amide bonds. The van der Waals surface area contributed by atoms with Gasteiger partial charge < -0.3 is 10.1 Å². The molecular formula is C20H19NO2. The number of benzene rings is 3. The average molecular weight is 305 g/mol. The van der Waals surface area contributed by atoms with Crippen LogP contribution in [-0.4, -0.2) is 19.1 Å². The van der Waals surface area contributed by atoms with Crippen LogP contribution in [0.2, 0.25) is 0 Å². The van der Waals surface area contributed by atoms with Crippen LogP contribution in [0.15, 0.2) is 66.7 Å². The molecule has 0 aliphatic carbocycles. The molecule has 0 bridgehead atoms. The lowest BCUT2D eigenvalue weighted by atomic mass is 10.1. The second kappa shape index (κ2) is 6.97. The number of amides is 1. The van der Waals surface area contributed by atoms with Crippen molar-refractivity contribution >= 4 is 16.7 Å². The predicted octanol–water partition coefficient (Wildman–Crippen LogP) is 3.96. The van der Waals surface area contributed by atoms with E-state index in [1.807, 2.05) is 61.5 Å². The Morgan fingerprint density at radius 1 is 0.957 bits per heavy atom. The van der Waals surface area contributed by atoms with E-state index in [0.29, 0.717) is 18.7 Å². The fourth-order valence-electron chi connectivity index (χ4n) is 2.48. The summed E-state index contributed by atoms with van der Waals surface area (Å²) in [7, 11) is 0. The molecule has 0 atom stereocenters. The zero-order valence-electron chi connectivity index (χ0n) is 13.1. The number of hydrogen-bond acceptors (Lipinski definition) is 2. The van der Waals surface area contributed by atoms with Crippen molar-refractivity contribution < 1.29 is 9.53 Å². The highest BCUT2D eigenvalue weighted by Gasteiger charge is 2.04. The van der Waals surface area contributed by atoms with Crippen molar-refractivity contribution in [3.63, 3.8) is 0 Å². The van der Waals surface area contributed by atoms with Crippen LogP contribution in [0, 0.1) is 6.92 Å². The number of hydrogen-bond donors (Lipinski definition) is 1. The maximum Gasteiger partial charge on any atom is 0.251 e. The Labute approximate surface area is 135 Å². The molecule has 0 fully saturated rings. The van der Waals surface area contributed by atoms with Crippen LogP contribution in [0.4, 0.5) is 0 Å². The smallest absolute Gasteiger partial charge is 0.251 e. The van der Waals surface area contributed by atoms with Crippen molar-refractivity contribution in [2.45, 2.75) is 6.92 Å². The maximum atomic E-state index is 12.0. The van der Waals surface area contributed by atoms with Gasteiger partial charge >= 0.3 is 0 Å². The first kappa shape index (κ1) is 15.1.